The van der Waals surface area contributed by atoms with E-state index in [1.54, 1.807) is 30.3 Å². The summed E-state index contributed by atoms with van der Waals surface area (Å²) < 4.78 is 0. The molecule has 12 heavy (non-hydrogen) atoms. The molecule has 0 unspecified atom stereocenters. The van der Waals surface area contributed by atoms with Crippen LogP contribution in [-0.4, -0.2) is 40.6 Å². The topological polar surface area (TPSA) is 57.5 Å². The Hall–Kier alpha value is -0.532. The number of aliphatic hydroxyl groups excluding tert-OH is 1. The first-order chi connectivity index (χ1) is 5.22. The van der Waals surface area contributed by atoms with Gasteiger partial charge in [-0.2, -0.15) is 0 Å². The molecule has 2 N–H and O–H groups in total. The van der Waals surface area contributed by atoms with Crippen LogP contribution in [0.25, 0.3) is 0 Å². The summed E-state index contributed by atoms with van der Waals surface area (Å²) in [5.74, 6) is -1.23. The maximum absolute atomic E-state index is 10.2. The molecule has 0 bridgehead atoms. The van der Waals surface area contributed by atoms with E-state index in [2.05, 4.69) is 0 Å². The first-order valence-corrected chi connectivity index (χ1v) is 3.17. The van der Waals surface area contributed by atoms with Gasteiger partial charge in [-0.25, -0.2) is 4.79 Å². The minimum atomic E-state index is -1.41. The fourth-order valence-corrected chi connectivity index (χ4v) is 0.778. The number of rotatable bonds is 2. The average Bonchev–Trinajstić information content (AvgIpc) is 2.05. The van der Waals surface area contributed by atoms with Gasteiger partial charge >= 0.3 is 30.4 Å². The van der Waals surface area contributed by atoms with Crippen molar-refractivity contribution in [1.82, 2.24) is 0 Å². The number of carbonyl (C=O) groups is 1. The number of carboxylic acid groups (broad SMARTS) is 1. The number of hydrogen-bond donors (Lipinski definition) is 2. The Morgan fingerprint density at radius 3 is 2.17 bits per heavy atom. The molecular formula is C8H11O3Sb. The molecule has 1 atom stereocenters. The molecule has 0 aliphatic carbocycles. The summed E-state index contributed by atoms with van der Waals surface area (Å²) in [4.78, 5) is 10.2. The number of benzene rings is 1. The van der Waals surface area contributed by atoms with Crippen LogP contribution in [0.1, 0.15) is 11.7 Å². The Kier molecular flexibility index (Phi) is 4.94. The van der Waals surface area contributed by atoms with E-state index < -0.39 is 12.1 Å². The molecule has 1 aromatic rings. The Balaban J connectivity index is 0.00000121. The van der Waals surface area contributed by atoms with Crippen molar-refractivity contribution in [2.75, 3.05) is 0 Å². The molecular weight excluding hydrogens is 266 g/mol. The van der Waals surface area contributed by atoms with Crippen LogP contribution < -0.4 is 0 Å². The van der Waals surface area contributed by atoms with Crippen LogP contribution >= 0.6 is 0 Å². The van der Waals surface area contributed by atoms with E-state index in [9.17, 15) is 4.79 Å². The molecule has 0 aromatic heterocycles. The van der Waals surface area contributed by atoms with E-state index in [0.717, 1.165) is 0 Å². The van der Waals surface area contributed by atoms with Crippen molar-refractivity contribution in [2.45, 2.75) is 6.10 Å². The standard InChI is InChI=1S/C8H8O3.Sb.3H/c9-7(8(10)11)6-4-2-1-3-5-6;;;;/h1-5,7,9H,(H,10,11);;;;/t7-;;;;/m1..../s1. The molecule has 0 aliphatic rings. The van der Waals surface area contributed by atoms with Crippen molar-refractivity contribution in [3.05, 3.63) is 35.9 Å². The second-order valence-electron chi connectivity index (χ2n) is 2.15. The third-order valence-electron chi connectivity index (χ3n) is 1.35. The molecule has 66 valence electrons. The summed E-state index contributed by atoms with van der Waals surface area (Å²) in [5.41, 5.74) is 0.403. The van der Waals surface area contributed by atoms with Crippen LogP contribution in [0, 0.1) is 0 Å². The normalized spacial score (nSPS) is 11.4. The Morgan fingerprint density at radius 1 is 1.25 bits per heavy atom. The summed E-state index contributed by atoms with van der Waals surface area (Å²) >= 11 is 0. The van der Waals surface area contributed by atoms with E-state index in [0.29, 0.717) is 5.56 Å². The predicted octanol–water partition coefficient (Wildman–Crippen LogP) is -0.379. The summed E-state index contributed by atoms with van der Waals surface area (Å²) in [5, 5.41) is 17.4. The number of aliphatic carboxylic acids is 1. The van der Waals surface area contributed by atoms with Gasteiger partial charge in [-0.3, -0.25) is 0 Å². The molecule has 0 heterocycles. The van der Waals surface area contributed by atoms with Gasteiger partial charge in [0, 0.05) is 0 Å². The van der Waals surface area contributed by atoms with Crippen LogP contribution in [0.4, 0.5) is 0 Å². The zero-order valence-electron chi connectivity index (χ0n) is 6.47. The van der Waals surface area contributed by atoms with Gasteiger partial charge in [0.15, 0.2) is 6.10 Å². The van der Waals surface area contributed by atoms with E-state index in [-0.39, 0.29) is 24.4 Å². The van der Waals surface area contributed by atoms with Gasteiger partial charge in [0.25, 0.3) is 0 Å². The second-order valence-corrected chi connectivity index (χ2v) is 2.15. The SMILES string of the molecule is O=C(O)[C@H](O)c1ccccc1.[SbH3]. The van der Waals surface area contributed by atoms with Crippen molar-refractivity contribution in [1.29, 1.82) is 0 Å². The molecule has 0 amide bonds. The summed E-state index contributed by atoms with van der Waals surface area (Å²) in [6, 6.07) is 8.26. The molecule has 3 nitrogen and oxygen atoms in total. The number of carboxylic acids is 1. The number of hydrogen-bond acceptors (Lipinski definition) is 2. The zero-order valence-corrected chi connectivity index (χ0v) is 10.5. The van der Waals surface area contributed by atoms with Crippen LogP contribution in [0.2, 0.25) is 0 Å². The van der Waals surface area contributed by atoms with Gasteiger partial charge in [0.1, 0.15) is 0 Å². The molecule has 0 fully saturated rings. The molecule has 0 saturated carbocycles. The Bertz CT molecular complexity index is 248. The third kappa shape index (κ3) is 2.84. The van der Waals surface area contributed by atoms with Gasteiger partial charge in [0.05, 0.1) is 0 Å². The second kappa shape index (κ2) is 5.17. The monoisotopic (exact) mass is 276 g/mol. The van der Waals surface area contributed by atoms with Gasteiger partial charge in [0.2, 0.25) is 0 Å². The van der Waals surface area contributed by atoms with Crippen LogP contribution in [0.5, 0.6) is 0 Å². The van der Waals surface area contributed by atoms with Crippen molar-refractivity contribution in [3.8, 4) is 0 Å². The Morgan fingerprint density at radius 2 is 1.75 bits per heavy atom. The van der Waals surface area contributed by atoms with Crippen LogP contribution in [0.3, 0.4) is 0 Å². The predicted molar refractivity (Wildman–Crippen MR) is 49.0 cm³/mol. The molecule has 0 aliphatic heterocycles. The van der Waals surface area contributed by atoms with Crippen molar-refractivity contribution in [2.24, 2.45) is 0 Å². The molecule has 0 saturated heterocycles. The van der Waals surface area contributed by atoms with E-state index in [1.165, 1.54) is 0 Å². The van der Waals surface area contributed by atoms with Crippen molar-refractivity contribution >= 4 is 30.4 Å². The van der Waals surface area contributed by atoms with Gasteiger partial charge < -0.3 is 10.2 Å². The molecule has 0 radical (unpaired) electrons. The Labute approximate surface area is 87.5 Å². The van der Waals surface area contributed by atoms with Crippen molar-refractivity contribution in [3.63, 3.8) is 0 Å². The summed E-state index contributed by atoms with van der Waals surface area (Å²) in [6.45, 7) is 0. The van der Waals surface area contributed by atoms with Crippen LogP contribution in [0.15, 0.2) is 30.3 Å². The van der Waals surface area contributed by atoms with E-state index in [4.69, 9.17) is 10.2 Å². The third-order valence-corrected chi connectivity index (χ3v) is 1.35. The first kappa shape index (κ1) is 11.5. The fourth-order valence-electron chi connectivity index (χ4n) is 0.778. The first-order valence-electron chi connectivity index (χ1n) is 3.17. The maximum atomic E-state index is 10.2. The van der Waals surface area contributed by atoms with Crippen molar-refractivity contribution < 1.29 is 15.0 Å². The molecule has 4 heteroatoms. The van der Waals surface area contributed by atoms with Gasteiger partial charge in [-0.05, 0) is 5.56 Å². The van der Waals surface area contributed by atoms with Gasteiger partial charge in [-0.15, -0.1) is 0 Å². The fraction of sp³-hybridized carbons (Fsp3) is 0.125. The quantitative estimate of drug-likeness (QED) is 0.724. The van der Waals surface area contributed by atoms with E-state index in [1.807, 2.05) is 0 Å². The van der Waals surface area contributed by atoms with Gasteiger partial charge in [-0.1, -0.05) is 30.3 Å². The average molecular weight is 277 g/mol. The number of aliphatic hydroxyl groups is 1. The molecule has 1 aromatic carbocycles. The molecule has 1 rings (SSSR count). The minimum absolute atomic E-state index is 0. The molecule has 0 spiro atoms. The van der Waals surface area contributed by atoms with Crippen LogP contribution in [-0.2, 0) is 4.79 Å². The van der Waals surface area contributed by atoms with E-state index >= 15 is 0 Å². The summed E-state index contributed by atoms with van der Waals surface area (Å²) in [6.07, 6.45) is -1.41. The summed E-state index contributed by atoms with van der Waals surface area (Å²) in [7, 11) is 0. The zero-order chi connectivity index (χ0) is 8.27.